The maximum absolute atomic E-state index is 6.29. The minimum absolute atomic E-state index is 0.265. The average Bonchev–Trinajstić information content (AvgIpc) is 2.40. The molecule has 0 aromatic carbocycles. The smallest absolute Gasteiger partial charge is 0.113 e. The van der Waals surface area contributed by atoms with Gasteiger partial charge in [-0.2, -0.15) is 0 Å². The summed E-state index contributed by atoms with van der Waals surface area (Å²) in [6.07, 6.45) is 3.41. The van der Waals surface area contributed by atoms with Gasteiger partial charge in [-0.15, -0.1) is 0 Å². The molecular weight excluding hydrogens is 200 g/mol. The van der Waals surface area contributed by atoms with Crippen LogP contribution in [-0.2, 0) is 5.54 Å². The Balaban J connectivity index is 2.49. The highest BCUT2D eigenvalue weighted by molar-refractivity contribution is 5.29. The van der Waals surface area contributed by atoms with Crippen molar-refractivity contribution in [3.8, 4) is 0 Å². The number of nitrogens with two attached hydrogens (primary N) is 2. The first-order valence-electron chi connectivity index (χ1n) is 5.09. The van der Waals surface area contributed by atoms with Crippen molar-refractivity contribution in [1.82, 2.24) is 9.97 Å². The fraction of sp³-hybridized carbons (Fsp3) is 0.167. The molecule has 4 nitrogen and oxygen atoms in total. The lowest BCUT2D eigenvalue weighted by Gasteiger charge is -2.26. The van der Waals surface area contributed by atoms with Crippen LogP contribution < -0.4 is 11.5 Å². The van der Waals surface area contributed by atoms with Crippen LogP contribution in [0.1, 0.15) is 11.4 Å². The average molecular weight is 214 g/mol. The summed E-state index contributed by atoms with van der Waals surface area (Å²) < 4.78 is 0. The van der Waals surface area contributed by atoms with Gasteiger partial charge >= 0.3 is 0 Å². The van der Waals surface area contributed by atoms with Crippen LogP contribution in [0.15, 0.2) is 48.8 Å². The van der Waals surface area contributed by atoms with Crippen LogP contribution in [0.5, 0.6) is 0 Å². The monoisotopic (exact) mass is 214 g/mol. The molecule has 0 saturated heterocycles. The summed E-state index contributed by atoms with van der Waals surface area (Å²) in [7, 11) is 0. The zero-order valence-corrected chi connectivity index (χ0v) is 8.88. The van der Waals surface area contributed by atoms with E-state index in [1.807, 2.05) is 36.4 Å². The Morgan fingerprint density at radius 2 is 1.44 bits per heavy atom. The van der Waals surface area contributed by atoms with Crippen LogP contribution in [0.25, 0.3) is 0 Å². The Morgan fingerprint density at radius 3 is 1.75 bits per heavy atom. The first kappa shape index (κ1) is 10.7. The van der Waals surface area contributed by atoms with Crippen LogP contribution in [0.4, 0.5) is 0 Å². The summed E-state index contributed by atoms with van der Waals surface area (Å²) in [5.74, 6) is 0. The zero-order chi connectivity index (χ0) is 11.4. The fourth-order valence-electron chi connectivity index (χ4n) is 1.59. The van der Waals surface area contributed by atoms with Gasteiger partial charge in [0.05, 0.1) is 11.4 Å². The quantitative estimate of drug-likeness (QED) is 0.786. The van der Waals surface area contributed by atoms with Crippen molar-refractivity contribution in [3.63, 3.8) is 0 Å². The molecule has 2 rings (SSSR count). The van der Waals surface area contributed by atoms with Crippen LogP contribution in [0.3, 0.4) is 0 Å². The van der Waals surface area contributed by atoms with E-state index in [1.54, 1.807) is 12.4 Å². The third-order valence-electron chi connectivity index (χ3n) is 2.57. The van der Waals surface area contributed by atoms with Crippen LogP contribution in [-0.4, -0.2) is 16.5 Å². The first-order chi connectivity index (χ1) is 7.77. The van der Waals surface area contributed by atoms with Crippen LogP contribution in [0.2, 0.25) is 0 Å². The van der Waals surface area contributed by atoms with Crippen LogP contribution in [0, 0.1) is 0 Å². The minimum Gasteiger partial charge on any atom is -0.328 e. The highest BCUT2D eigenvalue weighted by atomic mass is 14.9. The van der Waals surface area contributed by atoms with Gasteiger partial charge in [-0.05, 0) is 24.3 Å². The van der Waals surface area contributed by atoms with Gasteiger partial charge in [0.15, 0.2) is 0 Å². The second-order valence-corrected chi connectivity index (χ2v) is 3.61. The molecule has 2 aromatic rings. The molecule has 0 amide bonds. The maximum atomic E-state index is 6.29. The summed E-state index contributed by atoms with van der Waals surface area (Å²) in [4.78, 5) is 8.51. The Morgan fingerprint density at radius 1 is 0.938 bits per heavy atom. The molecule has 2 heterocycles. The van der Waals surface area contributed by atoms with Gasteiger partial charge in [-0.25, -0.2) is 0 Å². The predicted molar refractivity (Wildman–Crippen MR) is 62.5 cm³/mol. The SMILES string of the molecule is NCC(N)(c1ccccn1)c1ccccn1. The van der Waals surface area contributed by atoms with Crippen molar-refractivity contribution >= 4 is 0 Å². The number of rotatable bonds is 3. The molecule has 0 radical (unpaired) electrons. The molecule has 0 fully saturated rings. The summed E-state index contributed by atoms with van der Waals surface area (Å²) in [5, 5.41) is 0. The second kappa shape index (κ2) is 4.38. The molecule has 2 aromatic heterocycles. The topological polar surface area (TPSA) is 77.8 Å². The molecule has 4 N–H and O–H groups in total. The first-order valence-corrected chi connectivity index (χ1v) is 5.09. The number of nitrogens with zero attached hydrogens (tertiary/aromatic N) is 2. The van der Waals surface area contributed by atoms with Gasteiger partial charge in [-0.3, -0.25) is 9.97 Å². The molecule has 16 heavy (non-hydrogen) atoms. The third kappa shape index (κ3) is 1.80. The van der Waals surface area contributed by atoms with E-state index >= 15 is 0 Å². The Bertz CT molecular complexity index is 402. The number of aromatic nitrogens is 2. The summed E-state index contributed by atoms with van der Waals surface area (Å²) >= 11 is 0. The lowest BCUT2D eigenvalue weighted by Crippen LogP contribution is -2.46. The van der Waals surface area contributed by atoms with Gasteiger partial charge in [0.25, 0.3) is 0 Å². The molecular formula is C12H14N4. The van der Waals surface area contributed by atoms with E-state index in [2.05, 4.69) is 9.97 Å². The molecule has 0 saturated carbocycles. The Kier molecular flexibility index (Phi) is 2.94. The summed E-state index contributed by atoms with van der Waals surface area (Å²) in [6.45, 7) is 0.265. The molecule has 0 aliphatic heterocycles. The second-order valence-electron chi connectivity index (χ2n) is 3.61. The van der Waals surface area contributed by atoms with Gasteiger partial charge in [0.2, 0.25) is 0 Å². The lowest BCUT2D eigenvalue weighted by atomic mass is 9.91. The van der Waals surface area contributed by atoms with E-state index in [4.69, 9.17) is 11.5 Å². The van der Waals surface area contributed by atoms with E-state index in [0.29, 0.717) is 0 Å². The minimum atomic E-state index is -0.817. The van der Waals surface area contributed by atoms with Gasteiger partial charge in [0.1, 0.15) is 5.54 Å². The van der Waals surface area contributed by atoms with E-state index in [0.717, 1.165) is 11.4 Å². The molecule has 4 heteroatoms. The Labute approximate surface area is 94.3 Å². The maximum Gasteiger partial charge on any atom is 0.113 e. The van der Waals surface area contributed by atoms with E-state index in [1.165, 1.54) is 0 Å². The van der Waals surface area contributed by atoms with Crippen molar-refractivity contribution < 1.29 is 0 Å². The van der Waals surface area contributed by atoms with Gasteiger partial charge < -0.3 is 11.5 Å². The van der Waals surface area contributed by atoms with Crippen molar-refractivity contribution in [2.45, 2.75) is 5.54 Å². The van der Waals surface area contributed by atoms with E-state index in [-0.39, 0.29) is 6.54 Å². The number of pyridine rings is 2. The third-order valence-corrected chi connectivity index (χ3v) is 2.57. The van der Waals surface area contributed by atoms with Crippen molar-refractivity contribution in [1.29, 1.82) is 0 Å². The molecule has 0 atom stereocenters. The normalized spacial score (nSPS) is 11.4. The molecule has 82 valence electrons. The van der Waals surface area contributed by atoms with Gasteiger partial charge in [0, 0.05) is 18.9 Å². The largest absolute Gasteiger partial charge is 0.328 e. The van der Waals surface area contributed by atoms with Gasteiger partial charge in [-0.1, -0.05) is 12.1 Å². The molecule has 0 spiro atoms. The van der Waals surface area contributed by atoms with E-state index in [9.17, 15) is 0 Å². The lowest BCUT2D eigenvalue weighted by molar-refractivity contribution is 0.518. The zero-order valence-electron chi connectivity index (χ0n) is 8.88. The van der Waals surface area contributed by atoms with Crippen molar-refractivity contribution in [3.05, 3.63) is 60.2 Å². The highest BCUT2D eigenvalue weighted by Crippen LogP contribution is 2.21. The fourth-order valence-corrected chi connectivity index (χ4v) is 1.59. The molecule has 0 unspecified atom stereocenters. The number of hydrogen-bond acceptors (Lipinski definition) is 4. The van der Waals surface area contributed by atoms with Crippen molar-refractivity contribution in [2.24, 2.45) is 11.5 Å². The Hall–Kier alpha value is -1.78. The highest BCUT2D eigenvalue weighted by Gasteiger charge is 2.30. The summed E-state index contributed by atoms with van der Waals surface area (Å²) in [5.41, 5.74) is 12.7. The predicted octanol–water partition coefficient (Wildman–Crippen LogP) is 0.638. The van der Waals surface area contributed by atoms with E-state index < -0.39 is 5.54 Å². The molecule has 0 bridgehead atoms. The van der Waals surface area contributed by atoms with Crippen molar-refractivity contribution in [2.75, 3.05) is 6.54 Å². The number of hydrogen-bond donors (Lipinski definition) is 2. The van der Waals surface area contributed by atoms with Crippen LogP contribution >= 0.6 is 0 Å². The summed E-state index contributed by atoms with van der Waals surface area (Å²) in [6, 6.07) is 11.2. The molecule has 0 aliphatic rings. The molecule has 0 aliphatic carbocycles. The standard InChI is InChI=1S/C12H14N4/c13-9-12(14,10-5-1-3-7-15-10)11-6-2-4-8-16-11/h1-8H,9,13-14H2.